The van der Waals surface area contributed by atoms with Crippen LogP contribution in [-0.2, 0) is 33.7 Å². The van der Waals surface area contributed by atoms with Crippen LogP contribution in [0.3, 0.4) is 0 Å². The molecule has 11 heteroatoms. The second-order valence-corrected chi connectivity index (χ2v) is 7.45. The molecule has 4 heterocycles. The summed E-state index contributed by atoms with van der Waals surface area (Å²) in [6, 6.07) is 0. The highest BCUT2D eigenvalue weighted by molar-refractivity contribution is 5.69. The van der Waals surface area contributed by atoms with Gasteiger partial charge in [-0.05, 0) is 32.9 Å². The molecule has 3 aromatic rings. The van der Waals surface area contributed by atoms with Gasteiger partial charge in [0.25, 0.3) is 5.56 Å². The second-order valence-electron chi connectivity index (χ2n) is 7.45. The predicted octanol–water partition coefficient (Wildman–Crippen LogP) is -1.02. The smallest absolute Gasteiger partial charge is 0.323 e. The Labute approximate surface area is 166 Å². The Morgan fingerprint density at radius 1 is 1.07 bits per heavy atom. The molecule has 0 aromatic carbocycles. The third-order valence-electron chi connectivity index (χ3n) is 5.74. The molecule has 1 aliphatic heterocycles. The molecule has 11 nitrogen and oxygen atoms in total. The lowest BCUT2D eigenvalue weighted by Crippen LogP contribution is -2.37. The van der Waals surface area contributed by atoms with E-state index >= 15 is 0 Å². The molecule has 0 spiro atoms. The fraction of sp³-hybridized carbons (Fsp3) is 0.611. The van der Waals surface area contributed by atoms with Gasteiger partial charge in [0.1, 0.15) is 5.82 Å². The number of hydrogen-bond donors (Lipinski definition) is 1. The quantitative estimate of drug-likeness (QED) is 0.584. The molecule has 0 radical (unpaired) electrons. The van der Waals surface area contributed by atoms with Gasteiger partial charge in [-0.2, -0.15) is 5.10 Å². The Hall–Kier alpha value is -2.95. The van der Waals surface area contributed by atoms with Crippen LogP contribution in [0.2, 0.25) is 0 Å². The van der Waals surface area contributed by atoms with E-state index in [4.69, 9.17) is 0 Å². The minimum Gasteiger partial charge on any atom is -0.323 e. The van der Waals surface area contributed by atoms with Crippen molar-refractivity contribution >= 4 is 11.2 Å². The number of hydrogen-bond acceptors (Lipinski definition) is 6. The average Bonchev–Trinajstić information content (AvgIpc) is 3.30. The molecule has 0 bridgehead atoms. The fourth-order valence-corrected chi connectivity index (χ4v) is 4.05. The largest absolute Gasteiger partial charge is 0.345 e. The van der Waals surface area contributed by atoms with Crippen molar-refractivity contribution in [2.45, 2.75) is 45.3 Å². The molecular formula is C18H26N8O3. The van der Waals surface area contributed by atoms with Gasteiger partial charge in [0.2, 0.25) is 0 Å². The summed E-state index contributed by atoms with van der Waals surface area (Å²) < 4.78 is 7.30. The lowest BCUT2D eigenvalue weighted by molar-refractivity contribution is 0.428. The molecule has 1 saturated heterocycles. The maximum Gasteiger partial charge on any atom is 0.345 e. The number of rotatable bonds is 5. The number of nitrogens with one attached hydrogen (secondary N) is 1. The van der Waals surface area contributed by atoms with Crippen molar-refractivity contribution in [3.63, 3.8) is 0 Å². The predicted molar refractivity (Wildman–Crippen MR) is 107 cm³/mol. The monoisotopic (exact) mass is 402 g/mol. The number of aromatic nitrogens is 7. The molecule has 4 rings (SSSR count). The first kappa shape index (κ1) is 19.4. The van der Waals surface area contributed by atoms with Crippen LogP contribution in [0.25, 0.3) is 11.2 Å². The Morgan fingerprint density at radius 3 is 2.48 bits per heavy atom. The molecule has 1 aliphatic rings. The van der Waals surface area contributed by atoms with Crippen molar-refractivity contribution in [3.8, 4) is 0 Å². The van der Waals surface area contributed by atoms with Crippen LogP contribution in [0.4, 0.5) is 0 Å². The van der Waals surface area contributed by atoms with Crippen LogP contribution in [0.5, 0.6) is 0 Å². The summed E-state index contributed by atoms with van der Waals surface area (Å²) in [6.45, 7) is 5.06. The highest BCUT2D eigenvalue weighted by atomic mass is 16.2. The molecule has 0 unspecified atom stereocenters. The van der Waals surface area contributed by atoms with Gasteiger partial charge in [0.15, 0.2) is 11.2 Å². The zero-order valence-corrected chi connectivity index (χ0v) is 17.0. The number of nitrogens with zero attached hydrogens (tertiary/aromatic N) is 7. The summed E-state index contributed by atoms with van der Waals surface area (Å²) in [5, 5.41) is 7.96. The second kappa shape index (κ2) is 7.47. The van der Waals surface area contributed by atoms with Gasteiger partial charge < -0.3 is 9.88 Å². The minimum absolute atomic E-state index is 0.134. The molecule has 3 aromatic heterocycles. The van der Waals surface area contributed by atoms with Gasteiger partial charge in [0, 0.05) is 33.1 Å². The first-order chi connectivity index (χ1) is 13.9. The zero-order chi connectivity index (χ0) is 20.7. The third kappa shape index (κ3) is 3.15. The van der Waals surface area contributed by atoms with Crippen LogP contribution >= 0.6 is 0 Å². The van der Waals surface area contributed by atoms with Crippen molar-refractivity contribution in [1.29, 1.82) is 0 Å². The summed E-state index contributed by atoms with van der Waals surface area (Å²) in [5.41, 5.74) is -0.276. The van der Waals surface area contributed by atoms with Crippen LogP contribution < -0.4 is 22.3 Å². The number of imidazole rings is 1. The molecule has 1 N–H and O–H groups in total. The van der Waals surface area contributed by atoms with E-state index in [1.54, 1.807) is 16.2 Å². The molecule has 29 heavy (non-hydrogen) atoms. The zero-order valence-electron chi connectivity index (χ0n) is 17.0. The lowest BCUT2D eigenvalue weighted by Gasteiger charge is -2.21. The van der Waals surface area contributed by atoms with E-state index in [9.17, 15) is 14.4 Å². The minimum atomic E-state index is -0.419. The first-order valence-electron chi connectivity index (χ1n) is 9.93. The van der Waals surface area contributed by atoms with Gasteiger partial charge in [-0.1, -0.05) is 0 Å². The van der Waals surface area contributed by atoms with Crippen LogP contribution in [-0.4, -0.2) is 46.1 Å². The summed E-state index contributed by atoms with van der Waals surface area (Å²) >= 11 is 0. The molecule has 0 aliphatic carbocycles. The fourth-order valence-electron chi connectivity index (χ4n) is 4.05. The van der Waals surface area contributed by atoms with E-state index in [0.29, 0.717) is 30.8 Å². The Kier molecular flexibility index (Phi) is 4.99. The maximum absolute atomic E-state index is 12.8. The SMILES string of the molecule is CCn1c(C2CCNCC2)nn(CCn2cnc3c2c(=O)n(C)c(=O)n3C)c1=O. The van der Waals surface area contributed by atoms with E-state index in [0.717, 1.165) is 36.3 Å². The number of fused-ring (bicyclic) bond motifs is 1. The Bertz CT molecular complexity index is 1220. The van der Waals surface area contributed by atoms with Gasteiger partial charge in [-0.15, -0.1) is 0 Å². The van der Waals surface area contributed by atoms with E-state index in [2.05, 4.69) is 15.4 Å². The Balaban J connectivity index is 1.66. The molecular weight excluding hydrogens is 376 g/mol. The first-order valence-corrected chi connectivity index (χ1v) is 9.93. The van der Waals surface area contributed by atoms with E-state index in [1.807, 2.05) is 6.92 Å². The normalized spacial score (nSPS) is 15.4. The summed E-state index contributed by atoms with van der Waals surface area (Å²) in [7, 11) is 3.03. The van der Waals surface area contributed by atoms with Crippen LogP contribution in [0.1, 0.15) is 31.5 Å². The summed E-state index contributed by atoms with van der Waals surface area (Å²) in [6.07, 6.45) is 3.46. The van der Waals surface area contributed by atoms with E-state index < -0.39 is 11.2 Å². The summed E-state index contributed by atoms with van der Waals surface area (Å²) in [4.78, 5) is 41.7. The van der Waals surface area contributed by atoms with E-state index in [1.165, 1.54) is 22.6 Å². The van der Waals surface area contributed by atoms with Gasteiger partial charge in [-0.3, -0.25) is 18.5 Å². The highest BCUT2D eigenvalue weighted by Gasteiger charge is 2.23. The van der Waals surface area contributed by atoms with E-state index in [-0.39, 0.29) is 11.6 Å². The number of piperidine rings is 1. The van der Waals surface area contributed by atoms with Crippen molar-refractivity contribution in [2.75, 3.05) is 13.1 Å². The van der Waals surface area contributed by atoms with Gasteiger partial charge >= 0.3 is 11.4 Å². The highest BCUT2D eigenvalue weighted by Crippen LogP contribution is 2.22. The van der Waals surface area contributed by atoms with Crippen molar-refractivity contribution in [1.82, 2.24) is 38.3 Å². The van der Waals surface area contributed by atoms with Crippen molar-refractivity contribution in [3.05, 3.63) is 43.5 Å². The summed E-state index contributed by atoms with van der Waals surface area (Å²) in [5.74, 6) is 1.12. The molecule has 0 amide bonds. The maximum atomic E-state index is 12.8. The van der Waals surface area contributed by atoms with Crippen LogP contribution in [0, 0.1) is 0 Å². The molecule has 0 atom stereocenters. The topological polar surface area (TPSA) is 114 Å². The molecule has 0 saturated carbocycles. The molecule has 156 valence electrons. The van der Waals surface area contributed by atoms with Crippen molar-refractivity contribution in [2.24, 2.45) is 14.1 Å². The average molecular weight is 402 g/mol. The van der Waals surface area contributed by atoms with Crippen LogP contribution in [0.15, 0.2) is 20.7 Å². The third-order valence-corrected chi connectivity index (χ3v) is 5.74. The van der Waals surface area contributed by atoms with Gasteiger partial charge in [-0.25, -0.2) is 19.3 Å². The molecule has 1 fully saturated rings. The standard InChI is InChI=1S/C18H26N8O3/c1-4-25-14(12-5-7-19-8-6-12)21-26(18(25)29)10-9-24-11-20-15-13(24)16(27)23(3)17(28)22(15)2/h11-12,19H,4-10H2,1-3H3. The van der Waals surface area contributed by atoms with Gasteiger partial charge in [0.05, 0.1) is 12.9 Å². The Morgan fingerprint density at radius 2 is 1.79 bits per heavy atom. The lowest BCUT2D eigenvalue weighted by atomic mass is 9.97. The number of aryl methyl sites for hydroxylation is 3. The van der Waals surface area contributed by atoms with Crippen molar-refractivity contribution < 1.29 is 0 Å².